The molecule has 0 aliphatic heterocycles. The van der Waals surface area contributed by atoms with Crippen molar-refractivity contribution >= 4 is 17.6 Å². The molecule has 0 amide bonds. The second-order valence-electron chi connectivity index (χ2n) is 2.48. The summed E-state index contributed by atoms with van der Waals surface area (Å²) < 4.78 is 0. The highest BCUT2D eigenvalue weighted by atomic mass is 16.4. The highest BCUT2D eigenvalue weighted by Gasteiger charge is 2.17. The summed E-state index contributed by atoms with van der Waals surface area (Å²) in [6.45, 7) is 0. The third-order valence-corrected chi connectivity index (χ3v) is 1.61. The van der Waals surface area contributed by atoms with Crippen molar-refractivity contribution < 1.29 is 19.8 Å². The number of carbonyl (C=O) groups is 2. The van der Waals surface area contributed by atoms with Gasteiger partial charge in [-0.15, -0.1) is 0 Å². The van der Waals surface area contributed by atoms with Crippen LogP contribution in [-0.2, 0) is 0 Å². The molecule has 0 atom stereocenters. The van der Waals surface area contributed by atoms with E-state index >= 15 is 0 Å². The van der Waals surface area contributed by atoms with Gasteiger partial charge in [-0.3, -0.25) is 0 Å². The number of nitrogens with zero attached hydrogens (tertiary/aromatic N) is 1. The van der Waals surface area contributed by atoms with Gasteiger partial charge in [-0.1, -0.05) is 0 Å². The molecule has 14 heavy (non-hydrogen) atoms. The average Bonchev–Trinajstić information content (AvgIpc) is 2.16. The molecule has 1 aromatic rings. The van der Waals surface area contributed by atoms with Crippen molar-refractivity contribution in [2.24, 2.45) is 0 Å². The molecule has 3 N–H and O–H groups in total. The summed E-state index contributed by atoms with van der Waals surface area (Å²) in [4.78, 5) is 24.8. The van der Waals surface area contributed by atoms with Crippen LogP contribution in [0.2, 0.25) is 0 Å². The maximum absolute atomic E-state index is 10.7. The van der Waals surface area contributed by atoms with E-state index < -0.39 is 17.6 Å². The predicted molar refractivity (Wildman–Crippen MR) is 47.7 cm³/mol. The minimum absolute atomic E-state index is 0.329. The van der Waals surface area contributed by atoms with Gasteiger partial charge in [-0.05, 0) is 6.07 Å². The normalized spacial score (nSPS) is 9.50. The van der Waals surface area contributed by atoms with Crippen LogP contribution < -0.4 is 5.32 Å². The Morgan fingerprint density at radius 3 is 2.43 bits per heavy atom. The number of aromatic nitrogens is 1. The maximum atomic E-state index is 10.7. The summed E-state index contributed by atoms with van der Waals surface area (Å²) in [5.41, 5.74) is -0.340. The van der Waals surface area contributed by atoms with Crippen LogP contribution in [0.3, 0.4) is 0 Å². The lowest BCUT2D eigenvalue weighted by atomic mass is 10.2. The molecule has 0 saturated carbocycles. The summed E-state index contributed by atoms with van der Waals surface area (Å²) in [7, 11) is 1.59. The fraction of sp³-hybridized carbons (Fsp3) is 0.125. The SMILES string of the molecule is CNc1cnc(C(=O)O)c(C(=O)O)c1. The molecule has 74 valence electrons. The molecule has 0 radical (unpaired) electrons. The number of rotatable bonds is 3. The van der Waals surface area contributed by atoms with E-state index in [0.29, 0.717) is 5.69 Å². The monoisotopic (exact) mass is 196 g/mol. The van der Waals surface area contributed by atoms with Crippen molar-refractivity contribution in [3.63, 3.8) is 0 Å². The molecule has 0 bridgehead atoms. The Morgan fingerprint density at radius 2 is 2.00 bits per heavy atom. The molecule has 6 nitrogen and oxygen atoms in total. The van der Waals surface area contributed by atoms with E-state index in [1.165, 1.54) is 12.3 Å². The molecule has 0 spiro atoms. The molecule has 0 aromatic carbocycles. The van der Waals surface area contributed by atoms with E-state index in [2.05, 4.69) is 10.3 Å². The summed E-state index contributed by atoms with van der Waals surface area (Å²) in [6, 6.07) is 1.22. The van der Waals surface area contributed by atoms with Gasteiger partial charge >= 0.3 is 11.9 Å². The van der Waals surface area contributed by atoms with Gasteiger partial charge in [-0.25, -0.2) is 14.6 Å². The summed E-state index contributed by atoms with van der Waals surface area (Å²) in [6.07, 6.45) is 1.26. The molecule has 0 aliphatic carbocycles. The maximum Gasteiger partial charge on any atom is 0.355 e. The second-order valence-corrected chi connectivity index (χ2v) is 2.48. The number of hydrogen-bond donors (Lipinski definition) is 3. The lowest BCUT2D eigenvalue weighted by molar-refractivity contribution is 0.0646. The fourth-order valence-electron chi connectivity index (χ4n) is 0.935. The zero-order valence-electron chi connectivity index (χ0n) is 7.31. The smallest absolute Gasteiger partial charge is 0.355 e. The molecule has 0 fully saturated rings. The van der Waals surface area contributed by atoms with Crippen molar-refractivity contribution in [2.45, 2.75) is 0 Å². The van der Waals surface area contributed by atoms with Crippen molar-refractivity contribution in [3.8, 4) is 0 Å². The third kappa shape index (κ3) is 1.79. The van der Waals surface area contributed by atoms with E-state index in [9.17, 15) is 9.59 Å². The van der Waals surface area contributed by atoms with Crippen LogP contribution in [-0.4, -0.2) is 34.2 Å². The van der Waals surface area contributed by atoms with Crippen LogP contribution >= 0.6 is 0 Å². The lowest BCUT2D eigenvalue weighted by Crippen LogP contribution is -2.11. The second kappa shape index (κ2) is 3.73. The summed E-state index contributed by atoms with van der Waals surface area (Å²) in [5.74, 6) is -2.67. The van der Waals surface area contributed by atoms with Crippen LogP contribution in [0.5, 0.6) is 0 Å². The van der Waals surface area contributed by atoms with Crippen LogP contribution in [0.25, 0.3) is 0 Å². The van der Waals surface area contributed by atoms with E-state index in [-0.39, 0.29) is 5.56 Å². The Labute approximate surface area is 79.2 Å². The number of pyridine rings is 1. The van der Waals surface area contributed by atoms with E-state index in [1.807, 2.05) is 0 Å². The number of aromatic carboxylic acids is 2. The van der Waals surface area contributed by atoms with Gasteiger partial charge in [0.1, 0.15) is 0 Å². The number of anilines is 1. The van der Waals surface area contributed by atoms with Crippen molar-refractivity contribution in [3.05, 3.63) is 23.5 Å². The van der Waals surface area contributed by atoms with Crippen LogP contribution in [0, 0.1) is 0 Å². The molecule has 0 saturated heterocycles. The minimum Gasteiger partial charge on any atom is -0.478 e. The quantitative estimate of drug-likeness (QED) is 0.651. The van der Waals surface area contributed by atoms with Gasteiger partial charge < -0.3 is 15.5 Å². The first-order valence-corrected chi connectivity index (χ1v) is 3.70. The first kappa shape index (κ1) is 9.97. The van der Waals surface area contributed by atoms with Gasteiger partial charge in [0.05, 0.1) is 17.4 Å². The third-order valence-electron chi connectivity index (χ3n) is 1.61. The molecule has 1 heterocycles. The number of carboxylic acid groups (broad SMARTS) is 2. The lowest BCUT2D eigenvalue weighted by Gasteiger charge is -2.03. The van der Waals surface area contributed by atoms with E-state index in [4.69, 9.17) is 10.2 Å². The highest BCUT2D eigenvalue weighted by Crippen LogP contribution is 2.12. The average molecular weight is 196 g/mol. The molecule has 1 rings (SSSR count). The molecule has 0 aliphatic rings. The Kier molecular flexibility index (Phi) is 2.66. The van der Waals surface area contributed by atoms with E-state index in [0.717, 1.165) is 0 Å². The van der Waals surface area contributed by atoms with Crippen LogP contribution in [0.15, 0.2) is 12.3 Å². The van der Waals surface area contributed by atoms with Gasteiger partial charge in [0, 0.05) is 7.05 Å². The number of carboxylic acids is 2. The van der Waals surface area contributed by atoms with Crippen LogP contribution in [0.1, 0.15) is 20.8 Å². The first-order chi connectivity index (χ1) is 6.56. The zero-order chi connectivity index (χ0) is 10.7. The highest BCUT2D eigenvalue weighted by molar-refractivity contribution is 6.00. The van der Waals surface area contributed by atoms with Gasteiger partial charge in [0.2, 0.25) is 0 Å². The first-order valence-electron chi connectivity index (χ1n) is 3.70. The Bertz CT molecular complexity index is 389. The largest absolute Gasteiger partial charge is 0.478 e. The van der Waals surface area contributed by atoms with E-state index in [1.54, 1.807) is 7.05 Å². The Balaban J connectivity index is 3.31. The summed E-state index contributed by atoms with van der Waals surface area (Å²) >= 11 is 0. The topological polar surface area (TPSA) is 99.5 Å². The number of nitrogens with one attached hydrogen (secondary N) is 1. The molecular formula is C8H8N2O4. The van der Waals surface area contributed by atoms with Gasteiger partial charge in [0.25, 0.3) is 0 Å². The van der Waals surface area contributed by atoms with Crippen molar-refractivity contribution in [1.29, 1.82) is 0 Å². The molecule has 6 heteroatoms. The standard InChI is InChI=1S/C8H8N2O4/c1-9-4-2-5(7(11)12)6(8(13)14)10-3-4/h2-3,9H,1H3,(H,11,12)(H,13,14). The van der Waals surface area contributed by atoms with Crippen molar-refractivity contribution in [2.75, 3.05) is 12.4 Å². The molecular weight excluding hydrogens is 188 g/mol. The van der Waals surface area contributed by atoms with Crippen molar-refractivity contribution in [1.82, 2.24) is 4.98 Å². The Morgan fingerprint density at radius 1 is 1.36 bits per heavy atom. The van der Waals surface area contributed by atoms with Crippen LogP contribution in [0.4, 0.5) is 5.69 Å². The van der Waals surface area contributed by atoms with Gasteiger partial charge in [0.15, 0.2) is 5.69 Å². The number of hydrogen-bond acceptors (Lipinski definition) is 4. The van der Waals surface area contributed by atoms with Gasteiger partial charge in [-0.2, -0.15) is 0 Å². The zero-order valence-corrected chi connectivity index (χ0v) is 7.31. The summed E-state index contributed by atoms with van der Waals surface area (Å²) in [5, 5.41) is 20.0. The Hall–Kier alpha value is -2.11. The fourth-order valence-corrected chi connectivity index (χ4v) is 0.935. The molecule has 1 aromatic heterocycles. The predicted octanol–water partition coefficient (Wildman–Crippen LogP) is 0.520. The minimum atomic E-state index is -1.36. The molecule has 0 unspecified atom stereocenters.